The Morgan fingerprint density at radius 1 is 1.12 bits per heavy atom. The summed E-state index contributed by atoms with van der Waals surface area (Å²) < 4.78 is 5.15. The molecule has 2 nitrogen and oxygen atoms in total. The largest absolute Gasteiger partial charge is 0.497 e. The predicted octanol–water partition coefficient (Wildman–Crippen LogP) is 4.06. The second kappa shape index (κ2) is 6.30. The number of nitrogens with zero attached hydrogens (tertiary/aromatic N) is 1. The first-order valence-corrected chi connectivity index (χ1v) is 6.28. The van der Waals surface area contributed by atoms with Crippen LogP contribution in [0.15, 0.2) is 24.3 Å². The van der Waals surface area contributed by atoms with Crippen molar-refractivity contribution < 1.29 is 4.74 Å². The van der Waals surface area contributed by atoms with E-state index in [0.29, 0.717) is 0 Å². The highest BCUT2D eigenvalue weighted by Gasteiger charge is 2.30. The molecule has 0 aliphatic heterocycles. The molecule has 92 valence electrons. The Morgan fingerprint density at radius 2 is 1.65 bits per heavy atom. The summed E-state index contributed by atoms with van der Waals surface area (Å²) in [6.45, 7) is 4.26. The van der Waals surface area contributed by atoms with Gasteiger partial charge in [-0.2, -0.15) is 5.26 Å². The predicted molar refractivity (Wildman–Crippen MR) is 70.1 cm³/mol. The average Bonchev–Trinajstić information content (AvgIpc) is 2.38. The van der Waals surface area contributed by atoms with Crippen molar-refractivity contribution in [2.45, 2.75) is 44.9 Å². The van der Waals surface area contributed by atoms with Crippen LogP contribution in [0.5, 0.6) is 5.75 Å². The number of ether oxygens (including phenoxy) is 1. The van der Waals surface area contributed by atoms with Crippen LogP contribution < -0.4 is 4.74 Å². The molecule has 0 atom stereocenters. The molecule has 0 heterocycles. The smallest absolute Gasteiger partial charge is 0.118 e. The number of nitriles is 1. The molecule has 0 N–H and O–H groups in total. The Bertz CT molecular complexity index is 369. The topological polar surface area (TPSA) is 33.0 Å². The van der Waals surface area contributed by atoms with Gasteiger partial charge in [-0.15, -0.1) is 0 Å². The quantitative estimate of drug-likeness (QED) is 0.739. The molecular formula is C15H21NO. The van der Waals surface area contributed by atoms with Crippen molar-refractivity contribution in [1.82, 2.24) is 0 Å². The summed E-state index contributed by atoms with van der Waals surface area (Å²) in [4.78, 5) is 0. The van der Waals surface area contributed by atoms with Crippen molar-refractivity contribution >= 4 is 0 Å². The van der Waals surface area contributed by atoms with Gasteiger partial charge in [0.2, 0.25) is 0 Å². The van der Waals surface area contributed by atoms with Gasteiger partial charge in [0.15, 0.2) is 0 Å². The Labute approximate surface area is 104 Å². The molecule has 0 saturated heterocycles. The Hall–Kier alpha value is -1.49. The highest BCUT2D eigenvalue weighted by Crippen LogP contribution is 2.34. The third-order valence-corrected chi connectivity index (χ3v) is 3.21. The number of rotatable bonds is 6. The molecule has 0 aliphatic rings. The maximum atomic E-state index is 9.54. The molecule has 0 fully saturated rings. The minimum absolute atomic E-state index is 0.324. The van der Waals surface area contributed by atoms with Crippen molar-refractivity contribution in [2.75, 3.05) is 7.11 Å². The van der Waals surface area contributed by atoms with Crippen LogP contribution in [0.2, 0.25) is 0 Å². The number of benzene rings is 1. The summed E-state index contributed by atoms with van der Waals surface area (Å²) >= 11 is 0. The van der Waals surface area contributed by atoms with Crippen LogP contribution in [0.4, 0.5) is 0 Å². The highest BCUT2D eigenvalue weighted by atomic mass is 16.5. The SMILES string of the molecule is CCCC(C#N)(CCC)c1ccc(OC)cc1. The molecule has 2 heteroatoms. The minimum atomic E-state index is -0.324. The number of methoxy groups -OCH3 is 1. The zero-order chi connectivity index (χ0) is 12.7. The molecule has 1 rings (SSSR count). The van der Waals surface area contributed by atoms with Crippen molar-refractivity contribution in [3.63, 3.8) is 0 Å². The van der Waals surface area contributed by atoms with Crippen LogP contribution in [0, 0.1) is 11.3 Å². The van der Waals surface area contributed by atoms with Crippen LogP contribution in [0.3, 0.4) is 0 Å². The molecule has 1 aromatic rings. The molecule has 0 amide bonds. The average molecular weight is 231 g/mol. The van der Waals surface area contributed by atoms with Gasteiger partial charge in [-0.05, 0) is 30.5 Å². The zero-order valence-corrected chi connectivity index (χ0v) is 11.0. The maximum absolute atomic E-state index is 9.54. The summed E-state index contributed by atoms with van der Waals surface area (Å²) in [5, 5.41) is 9.54. The molecule has 0 aromatic heterocycles. The van der Waals surface area contributed by atoms with E-state index in [2.05, 4.69) is 19.9 Å². The van der Waals surface area contributed by atoms with Crippen LogP contribution in [-0.4, -0.2) is 7.11 Å². The molecule has 17 heavy (non-hydrogen) atoms. The lowest BCUT2D eigenvalue weighted by Crippen LogP contribution is -2.23. The first-order chi connectivity index (χ1) is 8.22. The van der Waals surface area contributed by atoms with Crippen molar-refractivity contribution in [1.29, 1.82) is 5.26 Å². The zero-order valence-electron chi connectivity index (χ0n) is 11.0. The van der Waals surface area contributed by atoms with E-state index in [0.717, 1.165) is 37.0 Å². The third kappa shape index (κ3) is 3.00. The van der Waals surface area contributed by atoms with Gasteiger partial charge in [0.05, 0.1) is 18.6 Å². The van der Waals surface area contributed by atoms with Crippen molar-refractivity contribution in [3.05, 3.63) is 29.8 Å². The Balaban J connectivity index is 3.07. The molecule has 0 saturated carbocycles. The summed E-state index contributed by atoms with van der Waals surface area (Å²) in [6, 6.07) is 10.4. The third-order valence-electron chi connectivity index (χ3n) is 3.21. The van der Waals surface area contributed by atoms with E-state index in [1.807, 2.05) is 24.3 Å². The van der Waals surface area contributed by atoms with Gasteiger partial charge in [0.1, 0.15) is 5.75 Å². The fourth-order valence-corrected chi connectivity index (χ4v) is 2.35. The van der Waals surface area contributed by atoms with E-state index in [4.69, 9.17) is 4.74 Å². The molecule has 0 bridgehead atoms. The van der Waals surface area contributed by atoms with Gasteiger partial charge in [-0.1, -0.05) is 38.8 Å². The molecular weight excluding hydrogens is 210 g/mol. The summed E-state index contributed by atoms with van der Waals surface area (Å²) in [7, 11) is 1.66. The standard InChI is InChI=1S/C15H21NO/c1-4-10-15(12-16,11-5-2)13-6-8-14(17-3)9-7-13/h6-9H,4-5,10-11H2,1-3H3. The normalized spacial score (nSPS) is 10.9. The van der Waals surface area contributed by atoms with Crippen LogP contribution in [0.25, 0.3) is 0 Å². The lowest BCUT2D eigenvalue weighted by molar-refractivity contribution is 0.412. The maximum Gasteiger partial charge on any atom is 0.118 e. The van der Waals surface area contributed by atoms with E-state index in [-0.39, 0.29) is 5.41 Å². The molecule has 0 unspecified atom stereocenters. The summed E-state index contributed by atoms with van der Waals surface area (Å²) in [5.41, 5.74) is 0.792. The van der Waals surface area contributed by atoms with Crippen molar-refractivity contribution in [2.24, 2.45) is 0 Å². The molecule has 0 aliphatic carbocycles. The van der Waals surface area contributed by atoms with Crippen molar-refractivity contribution in [3.8, 4) is 11.8 Å². The molecule has 0 spiro atoms. The van der Waals surface area contributed by atoms with E-state index in [9.17, 15) is 5.26 Å². The second-order valence-electron chi connectivity index (χ2n) is 4.42. The molecule has 1 aromatic carbocycles. The number of hydrogen-bond acceptors (Lipinski definition) is 2. The van der Waals surface area contributed by atoms with E-state index in [1.165, 1.54) is 0 Å². The first kappa shape index (κ1) is 13.6. The highest BCUT2D eigenvalue weighted by molar-refractivity contribution is 5.36. The van der Waals surface area contributed by atoms with E-state index < -0.39 is 0 Å². The van der Waals surface area contributed by atoms with Gasteiger partial charge >= 0.3 is 0 Å². The fourth-order valence-electron chi connectivity index (χ4n) is 2.35. The van der Waals surface area contributed by atoms with Gasteiger partial charge in [0.25, 0.3) is 0 Å². The van der Waals surface area contributed by atoms with Gasteiger partial charge < -0.3 is 4.74 Å². The van der Waals surface area contributed by atoms with Gasteiger partial charge in [-0.3, -0.25) is 0 Å². The van der Waals surface area contributed by atoms with Gasteiger partial charge in [0, 0.05) is 0 Å². The van der Waals surface area contributed by atoms with E-state index >= 15 is 0 Å². The fraction of sp³-hybridized carbons (Fsp3) is 0.533. The van der Waals surface area contributed by atoms with Crippen LogP contribution in [-0.2, 0) is 5.41 Å². The van der Waals surface area contributed by atoms with Gasteiger partial charge in [-0.25, -0.2) is 0 Å². The lowest BCUT2D eigenvalue weighted by atomic mass is 9.75. The van der Waals surface area contributed by atoms with Crippen LogP contribution in [0.1, 0.15) is 45.1 Å². The van der Waals surface area contributed by atoms with Crippen LogP contribution >= 0.6 is 0 Å². The minimum Gasteiger partial charge on any atom is -0.497 e. The monoisotopic (exact) mass is 231 g/mol. The molecule has 0 radical (unpaired) electrons. The second-order valence-corrected chi connectivity index (χ2v) is 4.42. The Morgan fingerprint density at radius 3 is 2.00 bits per heavy atom. The summed E-state index contributed by atoms with van der Waals surface area (Å²) in [5.74, 6) is 0.841. The lowest BCUT2D eigenvalue weighted by Gasteiger charge is -2.26. The Kier molecular flexibility index (Phi) is 5.03. The number of hydrogen-bond donors (Lipinski definition) is 0. The summed E-state index contributed by atoms with van der Waals surface area (Å²) in [6.07, 6.45) is 3.90. The first-order valence-electron chi connectivity index (χ1n) is 6.28. The van der Waals surface area contributed by atoms with E-state index in [1.54, 1.807) is 7.11 Å².